The van der Waals surface area contributed by atoms with E-state index >= 15 is 0 Å². The van der Waals surface area contributed by atoms with Gasteiger partial charge in [0, 0.05) is 12.1 Å². The molecule has 18 heteroatoms. The monoisotopic (exact) mass is 677 g/mol. The molecule has 3 aliphatic rings. The highest BCUT2D eigenvalue weighted by molar-refractivity contribution is 7.92. The van der Waals surface area contributed by atoms with Crippen LogP contribution >= 0.6 is 8.09 Å². The molecule has 0 bridgehead atoms. The smallest absolute Gasteiger partial charge is 0.337 e. The zero-order valence-electron chi connectivity index (χ0n) is 22.8. The van der Waals surface area contributed by atoms with Crippen molar-refractivity contribution in [1.29, 1.82) is 0 Å². The normalized spacial score (nSPS) is 29.7. The molecule has 242 valence electrons. The number of alkyl halides is 7. The number of fused-ring (bicyclic) bond motifs is 3. The molecule has 2 aromatic carbocycles. The predicted molar refractivity (Wildman–Crippen MR) is 138 cm³/mol. The number of nitrogens with two attached hydrogens (primary N) is 1. The Morgan fingerprint density at radius 2 is 1.59 bits per heavy atom. The highest BCUT2D eigenvalue weighted by Gasteiger charge is 2.74. The van der Waals surface area contributed by atoms with Crippen molar-refractivity contribution in [3.63, 3.8) is 0 Å². The average molecular weight is 678 g/mol. The molecule has 1 aliphatic carbocycles. The number of carbonyl (C=O) groups is 1. The second-order valence-electron chi connectivity index (χ2n) is 11.3. The van der Waals surface area contributed by atoms with Crippen molar-refractivity contribution in [2.75, 3.05) is 19.8 Å². The van der Waals surface area contributed by atoms with E-state index in [0.29, 0.717) is 6.07 Å². The Hall–Kier alpha value is -2.43. The minimum Gasteiger partial charge on any atom is -0.337 e. The zero-order valence-corrected chi connectivity index (χ0v) is 24.5. The molecular weight excluding hydrogens is 651 g/mol. The first-order valence-electron chi connectivity index (χ1n) is 13.1. The Labute approximate surface area is 246 Å². The lowest BCUT2D eigenvalue weighted by Gasteiger charge is -2.44. The van der Waals surface area contributed by atoms with Gasteiger partial charge in [-0.25, -0.2) is 17.2 Å². The van der Waals surface area contributed by atoms with Crippen LogP contribution in [0.5, 0.6) is 0 Å². The molecular formula is C26H26F8N2O6PS+. The van der Waals surface area contributed by atoms with E-state index in [4.69, 9.17) is 14.6 Å². The molecule has 8 nitrogen and oxygen atoms in total. The molecule has 2 atom stereocenters. The lowest BCUT2D eigenvalue weighted by Crippen LogP contribution is -2.56. The maximum Gasteiger partial charge on any atom is 0.496 e. The van der Waals surface area contributed by atoms with Crippen LogP contribution in [0.15, 0.2) is 47.4 Å². The van der Waals surface area contributed by atoms with Gasteiger partial charge in [0.25, 0.3) is 0 Å². The van der Waals surface area contributed by atoms with Crippen LogP contribution in [0.1, 0.15) is 36.5 Å². The summed E-state index contributed by atoms with van der Waals surface area (Å²) in [7, 11) is -8.32. The summed E-state index contributed by atoms with van der Waals surface area (Å²) < 4.78 is 147. The van der Waals surface area contributed by atoms with Gasteiger partial charge in [-0.3, -0.25) is 4.79 Å². The number of nitrogens with zero attached hydrogens (tertiary/aromatic N) is 1. The minimum absolute atomic E-state index is 0.201. The third-order valence-electron chi connectivity index (χ3n) is 8.58. The Morgan fingerprint density at radius 3 is 2.14 bits per heavy atom. The summed E-state index contributed by atoms with van der Waals surface area (Å²) in [5.41, 5.74) is -3.94. The van der Waals surface area contributed by atoms with E-state index in [9.17, 15) is 53.2 Å². The van der Waals surface area contributed by atoms with Crippen LogP contribution < -0.4 is 5.50 Å². The third-order valence-corrected chi connectivity index (χ3v) is 12.1. The fourth-order valence-corrected chi connectivity index (χ4v) is 9.70. The molecule has 2 aliphatic heterocycles. The summed E-state index contributed by atoms with van der Waals surface area (Å²) in [6.45, 7) is 0.434. The van der Waals surface area contributed by atoms with Gasteiger partial charge in [-0.15, -0.1) is 5.50 Å². The van der Waals surface area contributed by atoms with Crippen molar-refractivity contribution in [1.82, 2.24) is 4.90 Å². The first-order chi connectivity index (χ1) is 20.1. The van der Waals surface area contributed by atoms with Crippen LogP contribution in [-0.2, 0) is 40.5 Å². The highest BCUT2D eigenvalue weighted by atomic mass is 32.2. The van der Waals surface area contributed by atoms with E-state index in [1.165, 1.54) is 11.8 Å². The second kappa shape index (κ2) is 10.3. The zero-order chi connectivity index (χ0) is 32.7. The first-order valence-corrected chi connectivity index (χ1v) is 16.2. The number of hydrogen-bond acceptors (Lipinski definition) is 7. The molecule has 2 saturated heterocycles. The fourth-order valence-electron chi connectivity index (χ4n) is 6.32. The van der Waals surface area contributed by atoms with Crippen molar-refractivity contribution in [3.8, 4) is 0 Å². The Balaban J connectivity index is 1.66. The van der Waals surface area contributed by atoms with Crippen molar-refractivity contribution < 1.29 is 62.3 Å². The molecule has 1 amide bonds. The Morgan fingerprint density at radius 1 is 1.02 bits per heavy atom. The van der Waals surface area contributed by atoms with Gasteiger partial charge in [-0.1, -0.05) is 18.2 Å². The quantitative estimate of drug-likeness (QED) is 0.265. The molecule has 2 fully saturated rings. The Bertz CT molecular complexity index is 1560. The number of hydrogen-bond donors (Lipinski definition) is 2. The molecule has 3 N–H and O–H groups in total. The van der Waals surface area contributed by atoms with E-state index in [-0.39, 0.29) is 56.2 Å². The van der Waals surface area contributed by atoms with Crippen LogP contribution in [0.25, 0.3) is 0 Å². The summed E-state index contributed by atoms with van der Waals surface area (Å²) >= 11 is 0. The molecule has 0 saturated carbocycles. The second-order valence-corrected chi connectivity index (χ2v) is 15.2. The number of aryl methyl sites for hydroxylation is 1. The number of benzene rings is 2. The van der Waals surface area contributed by atoms with Crippen LogP contribution in [0.4, 0.5) is 35.1 Å². The lowest BCUT2D eigenvalue weighted by molar-refractivity contribution is -0.348. The molecule has 0 spiro atoms. The van der Waals surface area contributed by atoms with Crippen LogP contribution in [-0.4, -0.2) is 62.3 Å². The largest absolute Gasteiger partial charge is 0.496 e. The maximum absolute atomic E-state index is 15.0. The molecule has 2 aromatic rings. The number of sulfone groups is 1. The van der Waals surface area contributed by atoms with E-state index < -0.39 is 74.3 Å². The van der Waals surface area contributed by atoms with Crippen LogP contribution in [0.3, 0.4) is 0 Å². The standard InChI is InChI=1S/C26H26F8N2O6PS/c1-22(13-41-43(35,38)42-14-22)21(37)36-11-10-23(44(39,40)18-6-4-17(27)5-7-18)19-8-3-16(12-15(19)2-9-20(23)36)24(28,25(29,30)31)26(32,33)34/h3-8,12,20,38H,2,9-11,13-14,35H2,1H3/q+1/t20-,22?,23-,43?/m1/s1. The van der Waals surface area contributed by atoms with Gasteiger partial charge in [0.1, 0.15) is 29.2 Å². The molecule has 0 aromatic heterocycles. The predicted octanol–water partition coefficient (Wildman–Crippen LogP) is 5.01. The van der Waals surface area contributed by atoms with Gasteiger partial charge in [0.05, 0.1) is 10.9 Å². The van der Waals surface area contributed by atoms with Crippen molar-refractivity contribution >= 4 is 23.8 Å². The molecule has 44 heavy (non-hydrogen) atoms. The molecule has 0 unspecified atom stereocenters. The number of likely N-dealkylation sites (tertiary alicyclic amines) is 1. The first kappa shape index (κ1) is 32.9. The lowest BCUT2D eigenvalue weighted by atomic mass is 9.76. The number of carbonyl (C=O) groups excluding carboxylic acids is 1. The van der Waals surface area contributed by atoms with Crippen LogP contribution in [0.2, 0.25) is 0 Å². The van der Waals surface area contributed by atoms with Crippen molar-refractivity contribution in [3.05, 3.63) is 65.0 Å². The topological polar surface area (TPSA) is 119 Å². The SMILES string of the molecule is CC1(C(=O)N2CC[C@@]3(S(=O)(=O)c4ccc(F)cc4)c4ccc(C(F)(C(F)(F)F)C(F)(F)F)cc4CC[C@@H]23)CO[P+](N)(O)OC1. The number of rotatable bonds is 4. The van der Waals surface area contributed by atoms with Gasteiger partial charge in [0.15, 0.2) is 9.84 Å². The fraction of sp³-hybridized carbons (Fsp3) is 0.500. The van der Waals surface area contributed by atoms with E-state index in [1.807, 2.05) is 0 Å². The summed E-state index contributed by atoms with van der Waals surface area (Å²) in [4.78, 5) is 24.6. The molecule has 2 heterocycles. The Kier molecular flexibility index (Phi) is 7.71. The summed E-state index contributed by atoms with van der Waals surface area (Å²) in [5.74, 6) is -1.43. The third kappa shape index (κ3) is 4.81. The summed E-state index contributed by atoms with van der Waals surface area (Å²) in [5, 5.41) is 0. The molecule has 5 rings (SSSR count). The summed E-state index contributed by atoms with van der Waals surface area (Å²) in [6.07, 6.45) is -13.7. The van der Waals surface area contributed by atoms with Gasteiger partial charge in [0.2, 0.25) is 5.91 Å². The van der Waals surface area contributed by atoms with Gasteiger partial charge >= 0.3 is 26.1 Å². The van der Waals surface area contributed by atoms with Crippen molar-refractivity contribution in [2.45, 2.75) is 59.9 Å². The van der Waals surface area contributed by atoms with E-state index in [0.717, 1.165) is 30.3 Å². The van der Waals surface area contributed by atoms with Crippen LogP contribution in [0, 0.1) is 11.2 Å². The number of amides is 1. The van der Waals surface area contributed by atoms with E-state index in [2.05, 4.69) is 0 Å². The average Bonchev–Trinajstić information content (AvgIpc) is 3.34. The summed E-state index contributed by atoms with van der Waals surface area (Å²) in [6, 6.07) is 3.79. The van der Waals surface area contributed by atoms with Gasteiger partial charge in [-0.05, 0) is 61.6 Å². The van der Waals surface area contributed by atoms with Gasteiger partial charge in [-0.2, -0.15) is 40.3 Å². The highest BCUT2D eigenvalue weighted by Crippen LogP contribution is 2.58. The number of halogens is 8. The minimum atomic E-state index is -6.39. The van der Waals surface area contributed by atoms with E-state index in [1.54, 1.807) is 0 Å². The molecule has 0 radical (unpaired) electrons. The van der Waals surface area contributed by atoms with Gasteiger partial charge < -0.3 is 4.90 Å². The van der Waals surface area contributed by atoms with Crippen molar-refractivity contribution in [2.24, 2.45) is 10.9 Å². The maximum atomic E-state index is 15.0.